The Morgan fingerprint density at radius 1 is 1.28 bits per heavy atom. The number of aromatic nitrogens is 2. The molecule has 1 saturated heterocycles. The average Bonchev–Trinajstić information content (AvgIpc) is 2.90. The van der Waals surface area contributed by atoms with Crippen molar-refractivity contribution in [3.05, 3.63) is 47.6 Å². The van der Waals surface area contributed by atoms with Gasteiger partial charge in [0.2, 0.25) is 5.89 Å². The minimum absolute atomic E-state index is 0.204. The summed E-state index contributed by atoms with van der Waals surface area (Å²) in [5, 5.41) is 3.87. The fourth-order valence-electron chi connectivity index (χ4n) is 3.25. The number of likely N-dealkylation sites (N-methyl/N-ethyl adjacent to an activating group) is 1. The molecule has 0 radical (unpaired) electrons. The van der Waals surface area contributed by atoms with E-state index in [-0.39, 0.29) is 6.10 Å². The quantitative estimate of drug-likeness (QED) is 0.769. The van der Waals surface area contributed by atoms with E-state index >= 15 is 0 Å². The zero-order valence-electron chi connectivity index (χ0n) is 15.2. The van der Waals surface area contributed by atoms with Crippen molar-refractivity contribution in [2.24, 2.45) is 0 Å². The van der Waals surface area contributed by atoms with Gasteiger partial charge in [-0.1, -0.05) is 42.4 Å². The molecule has 2 heterocycles. The molecule has 0 saturated carbocycles. The first kappa shape index (κ1) is 18.0. The number of hydrogen-bond acceptors (Lipinski definition) is 6. The van der Waals surface area contributed by atoms with Crippen LogP contribution in [-0.2, 0) is 17.8 Å². The first-order chi connectivity index (χ1) is 12.2. The molecule has 3 rings (SSSR count). The molecule has 0 bridgehead atoms. The molecule has 0 spiro atoms. The zero-order valence-corrected chi connectivity index (χ0v) is 15.2. The van der Waals surface area contributed by atoms with Crippen molar-refractivity contribution in [3.63, 3.8) is 0 Å². The lowest BCUT2D eigenvalue weighted by atomic mass is 10.2. The summed E-state index contributed by atoms with van der Waals surface area (Å²) in [6.07, 6.45) is 1.29. The normalized spacial score (nSPS) is 19.2. The standard InChI is InChI=1S/C19H28N4O2/c1-3-22(15-19-20-16(2)21-25-19)13-18-14-23(10-7-11-24-18)12-17-8-5-4-6-9-17/h4-6,8-9,18H,3,7,10-15H2,1-2H3. The fourth-order valence-corrected chi connectivity index (χ4v) is 3.25. The molecule has 1 fully saturated rings. The molecular formula is C19H28N4O2. The fraction of sp³-hybridized carbons (Fsp3) is 0.579. The third kappa shape index (κ3) is 5.63. The van der Waals surface area contributed by atoms with Gasteiger partial charge in [-0.2, -0.15) is 4.98 Å². The number of ether oxygens (including phenoxy) is 1. The highest BCUT2D eigenvalue weighted by Crippen LogP contribution is 2.13. The monoisotopic (exact) mass is 344 g/mol. The molecule has 0 N–H and O–H groups in total. The number of hydrogen-bond donors (Lipinski definition) is 0. The van der Waals surface area contributed by atoms with Crippen molar-refractivity contribution in [3.8, 4) is 0 Å². The van der Waals surface area contributed by atoms with Crippen molar-refractivity contribution < 1.29 is 9.26 Å². The van der Waals surface area contributed by atoms with Crippen LogP contribution in [0.4, 0.5) is 0 Å². The van der Waals surface area contributed by atoms with Gasteiger partial charge in [0.15, 0.2) is 5.82 Å². The van der Waals surface area contributed by atoms with Crippen molar-refractivity contribution in [2.75, 3.05) is 32.8 Å². The van der Waals surface area contributed by atoms with Crippen LogP contribution in [-0.4, -0.2) is 58.8 Å². The minimum Gasteiger partial charge on any atom is -0.376 e. The van der Waals surface area contributed by atoms with Gasteiger partial charge in [0.05, 0.1) is 12.6 Å². The van der Waals surface area contributed by atoms with E-state index in [4.69, 9.17) is 9.26 Å². The molecule has 1 aromatic carbocycles. The van der Waals surface area contributed by atoms with Crippen molar-refractivity contribution in [1.82, 2.24) is 19.9 Å². The summed E-state index contributed by atoms with van der Waals surface area (Å²) in [6, 6.07) is 10.7. The van der Waals surface area contributed by atoms with Crippen molar-refractivity contribution in [2.45, 2.75) is 39.5 Å². The first-order valence-electron chi connectivity index (χ1n) is 9.12. The molecule has 6 heteroatoms. The third-order valence-electron chi connectivity index (χ3n) is 4.52. The lowest BCUT2D eigenvalue weighted by Crippen LogP contribution is -2.40. The van der Waals surface area contributed by atoms with Crippen LogP contribution < -0.4 is 0 Å². The molecular weight excluding hydrogens is 316 g/mol. The molecule has 1 aliphatic rings. The first-order valence-corrected chi connectivity index (χ1v) is 9.12. The van der Waals surface area contributed by atoms with Crippen LogP contribution in [0.15, 0.2) is 34.9 Å². The van der Waals surface area contributed by atoms with E-state index in [0.29, 0.717) is 18.3 Å². The van der Waals surface area contributed by atoms with E-state index in [0.717, 1.165) is 45.8 Å². The van der Waals surface area contributed by atoms with E-state index in [2.05, 4.69) is 57.2 Å². The van der Waals surface area contributed by atoms with Gasteiger partial charge in [0.25, 0.3) is 0 Å². The molecule has 0 aliphatic carbocycles. The molecule has 0 amide bonds. The SMILES string of the molecule is CCN(Cc1nc(C)no1)CC1CN(Cc2ccccc2)CCCO1. The summed E-state index contributed by atoms with van der Waals surface area (Å²) in [5.74, 6) is 1.36. The van der Waals surface area contributed by atoms with E-state index in [1.54, 1.807) is 0 Å². The molecule has 1 unspecified atom stereocenters. The minimum atomic E-state index is 0.204. The predicted molar refractivity (Wildman–Crippen MR) is 96.1 cm³/mol. The zero-order chi connectivity index (χ0) is 17.5. The maximum atomic E-state index is 6.10. The van der Waals surface area contributed by atoms with E-state index in [9.17, 15) is 0 Å². The van der Waals surface area contributed by atoms with Gasteiger partial charge in [0.1, 0.15) is 0 Å². The highest BCUT2D eigenvalue weighted by molar-refractivity contribution is 5.14. The second-order valence-corrected chi connectivity index (χ2v) is 6.63. The second-order valence-electron chi connectivity index (χ2n) is 6.63. The Labute approximate surface area is 149 Å². The van der Waals surface area contributed by atoms with Crippen LogP contribution in [0.5, 0.6) is 0 Å². The summed E-state index contributed by atoms with van der Waals surface area (Å²) in [7, 11) is 0. The molecule has 1 aromatic heterocycles. The van der Waals surface area contributed by atoms with Gasteiger partial charge >= 0.3 is 0 Å². The van der Waals surface area contributed by atoms with Crippen LogP contribution in [0.2, 0.25) is 0 Å². The smallest absolute Gasteiger partial charge is 0.240 e. The Balaban J connectivity index is 1.56. The molecule has 1 atom stereocenters. The van der Waals surface area contributed by atoms with Gasteiger partial charge < -0.3 is 9.26 Å². The predicted octanol–water partition coefficient (Wildman–Crippen LogP) is 2.49. The number of nitrogens with zero attached hydrogens (tertiary/aromatic N) is 4. The van der Waals surface area contributed by atoms with E-state index in [1.165, 1.54) is 5.56 Å². The summed E-state index contributed by atoms with van der Waals surface area (Å²) in [4.78, 5) is 9.12. The van der Waals surface area contributed by atoms with Gasteiger partial charge in [-0.3, -0.25) is 9.80 Å². The highest BCUT2D eigenvalue weighted by atomic mass is 16.5. The lowest BCUT2D eigenvalue weighted by Gasteiger charge is -2.28. The number of aryl methyl sites for hydroxylation is 1. The van der Waals surface area contributed by atoms with Gasteiger partial charge in [-0.15, -0.1) is 0 Å². The van der Waals surface area contributed by atoms with Crippen LogP contribution in [0.25, 0.3) is 0 Å². The summed E-state index contributed by atoms with van der Waals surface area (Å²) < 4.78 is 11.4. The lowest BCUT2D eigenvalue weighted by molar-refractivity contribution is 0.0230. The molecule has 1 aliphatic heterocycles. The van der Waals surface area contributed by atoms with Crippen LogP contribution >= 0.6 is 0 Å². The maximum Gasteiger partial charge on any atom is 0.240 e. The van der Waals surface area contributed by atoms with Crippen LogP contribution in [0, 0.1) is 6.92 Å². The maximum absolute atomic E-state index is 6.10. The largest absolute Gasteiger partial charge is 0.376 e. The highest BCUT2D eigenvalue weighted by Gasteiger charge is 2.22. The third-order valence-corrected chi connectivity index (χ3v) is 4.52. The van der Waals surface area contributed by atoms with Crippen molar-refractivity contribution in [1.29, 1.82) is 0 Å². The second kappa shape index (κ2) is 9.08. The number of rotatable bonds is 7. The Kier molecular flexibility index (Phi) is 6.55. The summed E-state index contributed by atoms with van der Waals surface area (Å²) in [6.45, 7) is 10.3. The van der Waals surface area contributed by atoms with E-state index in [1.807, 2.05) is 6.92 Å². The molecule has 6 nitrogen and oxygen atoms in total. The Bertz CT molecular complexity index is 631. The van der Waals surface area contributed by atoms with E-state index < -0.39 is 0 Å². The van der Waals surface area contributed by atoms with Gasteiger partial charge in [0, 0.05) is 32.8 Å². The molecule has 136 valence electrons. The summed E-state index contributed by atoms with van der Waals surface area (Å²) >= 11 is 0. The van der Waals surface area contributed by atoms with Crippen LogP contribution in [0.3, 0.4) is 0 Å². The Hall–Kier alpha value is -1.76. The summed E-state index contributed by atoms with van der Waals surface area (Å²) in [5.41, 5.74) is 1.36. The Morgan fingerprint density at radius 3 is 2.84 bits per heavy atom. The van der Waals surface area contributed by atoms with Crippen LogP contribution in [0.1, 0.15) is 30.6 Å². The topological polar surface area (TPSA) is 54.6 Å². The Morgan fingerprint density at radius 2 is 2.12 bits per heavy atom. The van der Waals surface area contributed by atoms with Crippen molar-refractivity contribution >= 4 is 0 Å². The average molecular weight is 344 g/mol. The van der Waals surface area contributed by atoms with Gasteiger partial charge in [-0.05, 0) is 25.5 Å². The van der Waals surface area contributed by atoms with Gasteiger partial charge in [-0.25, -0.2) is 0 Å². The molecule has 2 aromatic rings. The molecule has 25 heavy (non-hydrogen) atoms. The number of benzene rings is 1.